The molecule has 0 bridgehead atoms. The highest BCUT2D eigenvalue weighted by molar-refractivity contribution is 6.09. The van der Waals surface area contributed by atoms with E-state index in [1.165, 1.54) is 94.2 Å². The van der Waals surface area contributed by atoms with Crippen LogP contribution in [-0.4, -0.2) is 0 Å². The Morgan fingerprint density at radius 1 is 0.462 bits per heavy atom. The fourth-order valence-electron chi connectivity index (χ4n) is 11.9. The molecule has 2 atom stereocenters. The number of hydrogen-bond donors (Lipinski definition) is 0. The quantitative estimate of drug-likeness (QED) is 0.155. The van der Waals surface area contributed by atoms with Crippen molar-refractivity contribution in [1.82, 2.24) is 0 Å². The third-order valence-corrected chi connectivity index (χ3v) is 15.0. The lowest BCUT2D eigenvalue weighted by Crippen LogP contribution is -2.24. The average molecular weight is 834 g/mol. The van der Waals surface area contributed by atoms with E-state index in [0.29, 0.717) is 5.92 Å². The second-order valence-corrected chi connectivity index (χ2v) is 18.9. The number of fused-ring (bicyclic) bond motifs is 6. The van der Waals surface area contributed by atoms with Crippen molar-refractivity contribution in [1.29, 1.82) is 0 Å². The van der Waals surface area contributed by atoms with Gasteiger partial charge in [0.2, 0.25) is 0 Å². The molecule has 12 rings (SSSR count). The summed E-state index contributed by atoms with van der Waals surface area (Å²) in [6.07, 6.45) is 5.86. The molecule has 3 aliphatic carbocycles. The molecular formula is C64H51N. The molecule has 0 fully saturated rings. The van der Waals surface area contributed by atoms with Gasteiger partial charge in [0, 0.05) is 27.6 Å². The summed E-state index contributed by atoms with van der Waals surface area (Å²) in [7, 11) is 0. The van der Waals surface area contributed by atoms with Gasteiger partial charge < -0.3 is 4.90 Å². The van der Waals surface area contributed by atoms with Crippen molar-refractivity contribution in [3.63, 3.8) is 0 Å². The molecule has 0 spiro atoms. The lowest BCUT2D eigenvalue weighted by molar-refractivity contribution is 0.660. The van der Waals surface area contributed by atoms with Gasteiger partial charge in [0.15, 0.2) is 0 Å². The molecule has 2 unspecified atom stereocenters. The van der Waals surface area contributed by atoms with Gasteiger partial charge in [-0.2, -0.15) is 0 Å². The van der Waals surface area contributed by atoms with Crippen LogP contribution in [0, 0.1) is 5.92 Å². The number of nitrogens with zero attached hydrogens (tertiary/aromatic N) is 1. The Morgan fingerprint density at radius 2 is 1.03 bits per heavy atom. The van der Waals surface area contributed by atoms with Crippen LogP contribution in [0.3, 0.4) is 0 Å². The molecule has 0 N–H and O–H groups in total. The fraction of sp³-hybridized carbons (Fsp3) is 0.125. The zero-order valence-corrected chi connectivity index (χ0v) is 37.5. The van der Waals surface area contributed by atoms with Crippen molar-refractivity contribution in [2.24, 2.45) is 5.92 Å². The van der Waals surface area contributed by atoms with Gasteiger partial charge in [0.05, 0.1) is 11.4 Å². The summed E-state index contributed by atoms with van der Waals surface area (Å²) in [6.45, 7) is 9.61. The van der Waals surface area contributed by atoms with E-state index in [-0.39, 0.29) is 10.8 Å². The maximum absolute atomic E-state index is 2.57. The normalized spacial score (nSPS) is 17.7. The van der Waals surface area contributed by atoms with Crippen molar-refractivity contribution >= 4 is 33.4 Å². The van der Waals surface area contributed by atoms with Gasteiger partial charge in [-0.05, 0) is 127 Å². The molecule has 312 valence electrons. The Kier molecular flexibility index (Phi) is 9.07. The summed E-state index contributed by atoms with van der Waals surface area (Å²) in [5, 5.41) is 2.48. The highest BCUT2D eigenvalue weighted by Crippen LogP contribution is 2.58. The summed E-state index contributed by atoms with van der Waals surface area (Å²) in [4.78, 5) is 2.57. The first-order valence-electron chi connectivity index (χ1n) is 23.2. The van der Waals surface area contributed by atoms with Crippen LogP contribution in [0.4, 0.5) is 17.1 Å². The van der Waals surface area contributed by atoms with Crippen molar-refractivity contribution in [3.05, 3.63) is 252 Å². The third-order valence-electron chi connectivity index (χ3n) is 15.0. The number of anilines is 3. The highest BCUT2D eigenvalue weighted by atomic mass is 15.1. The monoisotopic (exact) mass is 833 g/mol. The Bertz CT molecular complexity index is 3400. The SMILES string of the molecule is CC1CC=CC2=C1c1ccc(N(c3ccccc3-c3cccc4c3-c3ccccc3C4(C)C)c3ccccc3-c3cccc4cccc(-c5ccccc5)c34)cc1C2(C)c1ccccc1. The summed E-state index contributed by atoms with van der Waals surface area (Å²) in [5.41, 5.74) is 22.6. The van der Waals surface area contributed by atoms with Crippen LogP contribution in [0.25, 0.3) is 60.9 Å². The van der Waals surface area contributed by atoms with E-state index in [1.807, 2.05) is 0 Å². The Hall–Kier alpha value is -7.48. The molecule has 0 aromatic heterocycles. The minimum atomic E-state index is -0.326. The molecule has 0 heterocycles. The minimum absolute atomic E-state index is 0.117. The number of hydrogen-bond acceptors (Lipinski definition) is 1. The predicted octanol–water partition coefficient (Wildman–Crippen LogP) is 17.3. The molecule has 3 aliphatic rings. The van der Waals surface area contributed by atoms with Crippen molar-refractivity contribution < 1.29 is 0 Å². The highest BCUT2D eigenvalue weighted by Gasteiger charge is 2.44. The summed E-state index contributed by atoms with van der Waals surface area (Å²) < 4.78 is 0. The molecule has 9 aromatic carbocycles. The van der Waals surface area contributed by atoms with Gasteiger partial charge in [-0.3, -0.25) is 0 Å². The van der Waals surface area contributed by atoms with E-state index >= 15 is 0 Å². The van der Waals surface area contributed by atoms with E-state index < -0.39 is 0 Å². The van der Waals surface area contributed by atoms with Crippen LogP contribution in [-0.2, 0) is 10.8 Å². The number of benzene rings is 9. The van der Waals surface area contributed by atoms with Gasteiger partial charge in [-0.25, -0.2) is 0 Å². The van der Waals surface area contributed by atoms with Crippen LogP contribution < -0.4 is 4.90 Å². The van der Waals surface area contributed by atoms with Crippen LogP contribution in [0.5, 0.6) is 0 Å². The fourth-order valence-corrected chi connectivity index (χ4v) is 11.9. The topological polar surface area (TPSA) is 3.24 Å². The van der Waals surface area contributed by atoms with Crippen LogP contribution >= 0.6 is 0 Å². The zero-order valence-electron chi connectivity index (χ0n) is 37.5. The van der Waals surface area contributed by atoms with Crippen molar-refractivity contribution in [2.45, 2.75) is 44.9 Å². The first-order valence-corrected chi connectivity index (χ1v) is 23.2. The molecule has 0 amide bonds. The standard InChI is InChI=1S/C64H51N/c1-42-21-17-36-56-60(42)53-40-39-46(41-57(53)64(56,4)45-26-9-6-10-27-45)65(59-38-16-13-29-49(59)51-33-20-35-55-62(51)52-30-11-14-34-54(52)63(55,2)3)58-37-15-12-28-48(58)50-32-19-25-44-24-18-31-47(61(44)50)43-22-7-5-8-23-43/h5-20,22-42H,21H2,1-4H3. The molecule has 0 saturated heterocycles. The minimum Gasteiger partial charge on any atom is -0.309 e. The van der Waals surface area contributed by atoms with E-state index in [0.717, 1.165) is 23.5 Å². The Labute approximate surface area is 383 Å². The second-order valence-electron chi connectivity index (χ2n) is 18.9. The van der Waals surface area contributed by atoms with Crippen LogP contribution in [0.2, 0.25) is 0 Å². The van der Waals surface area contributed by atoms with E-state index in [1.54, 1.807) is 0 Å². The van der Waals surface area contributed by atoms with E-state index in [4.69, 9.17) is 0 Å². The summed E-state index contributed by atoms with van der Waals surface area (Å²) in [5.74, 6) is 0.431. The van der Waals surface area contributed by atoms with Gasteiger partial charge in [0.1, 0.15) is 0 Å². The van der Waals surface area contributed by atoms with Crippen LogP contribution in [0.1, 0.15) is 61.9 Å². The lowest BCUT2D eigenvalue weighted by Gasteiger charge is -2.33. The largest absolute Gasteiger partial charge is 0.309 e. The van der Waals surface area contributed by atoms with E-state index in [2.05, 4.69) is 251 Å². The summed E-state index contributed by atoms with van der Waals surface area (Å²) in [6, 6.07) is 77.1. The van der Waals surface area contributed by atoms with Crippen molar-refractivity contribution in [3.8, 4) is 44.5 Å². The van der Waals surface area contributed by atoms with Gasteiger partial charge in [0.25, 0.3) is 0 Å². The van der Waals surface area contributed by atoms with E-state index in [9.17, 15) is 0 Å². The molecular weight excluding hydrogens is 783 g/mol. The first kappa shape index (κ1) is 39.1. The van der Waals surface area contributed by atoms with Crippen LogP contribution in [0.15, 0.2) is 224 Å². The number of para-hydroxylation sites is 2. The first-order chi connectivity index (χ1) is 31.8. The van der Waals surface area contributed by atoms with Gasteiger partial charge in [-0.15, -0.1) is 0 Å². The molecule has 65 heavy (non-hydrogen) atoms. The van der Waals surface area contributed by atoms with Crippen molar-refractivity contribution in [2.75, 3.05) is 4.90 Å². The van der Waals surface area contributed by atoms with Gasteiger partial charge in [-0.1, -0.05) is 215 Å². The van der Waals surface area contributed by atoms with Gasteiger partial charge >= 0.3 is 0 Å². The molecule has 0 radical (unpaired) electrons. The zero-order chi connectivity index (χ0) is 43.9. The Balaban J connectivity index is 1.15. The maximum atomic E-state index is 2.57. The smallest absolute Gasteiger partial charge is 0.0540 e. The lowest BCUT2D eigenvalue weighted by atomic mass is 9.72. The molecule has 9 aromatic rings. The molecule has 0 aliphatic heterocycles. The number of rotatable bonds is 7. The maximum Gasteiger partial charge on any atom is 0.0540 e. The molecule has 0 saturated carbocycles. The molecule has 1 heteroatoms. The third kappa shape index (κ3) is 5.92. The summed E-state index contributed by atoms with van der Waals surface area (Å²) >= 11 is 0. The Morgan fingerprint density at radius 3 is 1.77 bits per heavy atom. The number of allylic oxidation sites excluding steroid dienone is 4. The second kappa shape index (κ2) is 15.1. The molecule has 1 nitrogen and oxygen atoms in total. The average Bonchev–Trinajstić information content (AvgIpc) is 3.76. The predicted molar refractivity (Wildman–Crippen MR) is 275 cm³/mol.